The molecule has 0 fully saturated rings. The Balaban J connectivity index is 1.43. The molecule has 1 aromatic heterocycles. The van der Waals surface area contributed by atoms with Gasteiger partial charge in [-0.25, -0.2) is 4.68 Å². The van der Waals surface area contributed by atoms with Gasteiger partial charge >= 0.3 is 0 Å². The largest absolute Gasteiger partial charge is 0.497 e. The van der Waals surface area contributed by atoms with Crippen LogP contribution in [0.3, 0.4) is 0 Å². The van der Waals surface area contributed by atoms with E-state index in [1.807, 2.05) is 47.3 Å². The highest BCUT2D eigenvalue weighted by molar-refractivity contribution is 6.02. The quantitative estimate of drug-likeness (QED) is 0.652. The van der Waals surface area contributed by atoms with Gasteiger partial charge in [0.1, 0.15) is 12.4 Å². The minimum absolute atomic E-state index is 0.453. The number of oxime groups is 1. The maximum Gasteiger partial charge on any atom is 0.142 e. The van der Waals surface area contributed by atoms with E-state index in [0.717, 1.165) is 42.0 Å². The van der Waals surface area contributed by atoms with Crippen LogP contribution in [0.4, 0.5) is 0 Å². The van der Waals surface area contributed by atoms with E-state index in [0.29, 0.717) is 6.61 Å². The molecule has 0 bridgehead atoms. The predicted molar refractivity (Wildman–Crippen MR) is 101 cm³/mol. The van der Waals surface area contributed by atoms with Crippen molar-refractivity contribution in [2.24, 2.45) is 5.16 Å². The number of rotatable bonds is 5. The van der Waals surface area contributed by atoms with E-state index in [1.54, 1.807) is 13.3 Å². The number of aromatic nitrogens is 2. The van der Waals surface area contributed by atoms with Crippen LogP contribution in [0.15, 0.2) is 66.1 Å². The molecule has 1 aliphatic carbocycles. The molecular weight excluding hydrogens is 326 g/mol. The Morgan fingerprint density at radius 1 is 1.12 bits per heavy atom. The summed E-state index contributed by atoms with van der Waals surface area (Å²) in [7, 11) is 1.69. The lowest BCUT2D eigenvalue weighted by Gasteiger charge is -2.18. The summed E-state index contributed by atoms with van der Waals surface area (Å²) >= 11 is 0. The van der Waals surface area contributed by atoms with Gasteiger partial charge in [-0.05, 0) is 66.8 Å². The number of aryl methyl sites for hydroxylation is 1. The van der Waals surface area contributed by atoms with E-state index >= 15 is 0 Å². The molecule has 1 heterocycles. The summed E-state index contributed by atoms with van der Waals surface area (Å²) in [6.45, 7) is 0.453. The van der Waals surface area contributed by atoms with Crippen molar-refractivity contribution in [2.75, 3.05) is 7.11 Å². The van der Waals surface area contributed by atoms with E-state index < -0.39 is 0 Å². The third kappa shape index (κ3) is 3.47. The van der Waals surface area contributed by atoms with Gasteiger partial charge in [0, 0.05) is 18.0 Å². The summed E-state index contributed by atoms with van der Waals surface area (Å²) < 4.78 is 7.15. The van der Waals surface area contributed by atoms with Gasteiger partial charge in [0.05, 0.1) is 18.5 Å². The lowest BCUT2D eigenvalue weighted by atomic mass is 9.90. The van der Waals surface area contributed by atoms with Crippen LogP contribution in [0, 0.1) is 0 Å². The van der Waals surface area contributed by atoms with E-state index in [1.165, 1.54) is 11.1 Å². The SMILES string of the molecule is COc1ccc2c(c1)CCC/C2=N/OCc1ccc(-n2cccn2)cc1. The van der Waals surface area contributed by atoms with Crippen molar-refractivity contribution in [3.63, 3.8) is 0 Å². The Kier molecular flexibility index (Phi) is 4.69. The minimum atomic E-state index is 0.453. The van der Waals surface area contributed by atoms with Gasteiger partial charge in [-0.15, -0.1) is 0 Å². The fourth-order valence-electron chi connectivity index (χ4n) is 3.21. The van der Waals surface area contributed by atoms with Gasteiger partial charge in [-0.1, -0.05) is 17.3 Å². The third-order valence-electron chi connectivity index (χ3n) is 4.59. The Morgan fingerprint density at radius 3 is 2.77 bits per heavy atom. The molecule has 0 saturated carbocycles. The molecule has 0 spiro atoms. The Labute approximate surface area is 152 Å². The van der Waals surface area contributed by atoms with E-state index in [2.05, 4.69) is 22.4 Å². The first-order valence-corrected chi connectivity index (χ1v) is 8.78. The average Bonchev–Trinajstić information content (AvgIpc) is 3.23. The van der Waals surface area contributed by atoms with Crippen LogP contribution in [0.25, 0.3) is 5.69 Å². The van der Waals surface area contributed by atoms with Crippen LogP contribution in [0.1, 0.15) is 29.5 Å². The minimum Gasteiger partial charge on any atom is -0.497 e. The highest BCUT2D eigenvalue weighted by atomic mass is 16.6. The van der Waals surface area contributed by atoms with Crippen molar-refractivity contribution in [2.45, 2.75) is 25.9 Å². The number of fused-ring (bicyclic) bond motifs is 1. The second kappa shape index (κ2) is 7.44. The summed E-state index contributed by atoms with van der Waals surface area (Å²) in [6, 6.07) is 16.2. The van der Waals surface area contributed by atoms with Gasteiger partial charge < -0.3 is 9.57 Å². The number of nitrogens with zero attached hydrogens (tertiary/aromatic N) is 3. The molecule has 0 atom stereocenters. The Hall–Kier alpha value is -3.08. The standard InChI is InChI=1S/C21H21N3O2/c1-25-19-10-11-20-17(14-19)4-2-5-21(20)23-26-15-16-6-8-18(9-7-16)24-13-3-12-22-24/h3,6-14H,2,4-5,15H2,1H3/b23-21-. The van der Waals surface area contributed by atoms with Gasteiger partial charge in [0.2, 0.25) is 0 Å². The van der Waals surface area contributed by atoms with Crippen molar-refractivity contribution >= 4 is 5.71 Å². The smallest absolute Gasteiger partial charge is 0.142 e. The average molecular weight is 347 g/mol. The first-order valence-electron chi connectivity index (χ1n) is 8.78. The first kappa shape index (κ1) is 16.4. The highest BCUT2D eigenvalue weighted by Crippen LogP contribution is 2.26. The van der Waals surface area contributed by atoms with Gasteiger partial charge in [0.15, 0.2) is 0 Å². The number of methoxy groups -OCH3 is 1. The van der Waals surface area contributed by atoms with Crippen molar-refractivity contribution in [1.29, 1.82) is 0 Å². The zero-order valence-electron chi connectivity index (χ0n) is 14.8. The predicted octanol–water partition coefficient (Wildman–Crippen LogP) is 4.14. The van der Waals surface area contributed by atoms with Crippen LogP contribution in [-0.4, -0.2) is 22.6 Å². The lowest BCUT2D eigenvalue weighted by molar-refractivity contribution is 0.130. The second-order valence-corrected chi connectivity index (χ2v) is 6.31. The topological polar surface area (TPSA) is 48.6 Å². The first-order chi connectivity index (χ1) is 12.8. The summed E-state index contributed by atoms with van der Waals surface area (Å²) in [5.41, 5.74) is 5.57. The number of hydrogen-bond acceptors (Lipinski definition) is 4. The molecule has 0 amide bonds. The molecular formula is C21H21N3O2. The number of benzene rings is 2. The van der Waals surface area contributed by atoms with E-state index in [-0.39, 0.29) is 0 Å². The molecule has 3 aromatic rings. The summed E-state index contributed by atoms with van der Waals surface area (Å²) in [4.78, 5) is 5.64. The molecule has 5 nitrogen and oxygen atoms in total. The molecule has 26 heavy (non-hydrogen) atoms. The molecule has 0 aliphatic heterocycles. The van der Waals surface area contributed by atoms with Gasteiger partial charge in [-0.3, -0.25) is 0 Å². The molecule has 0 saturated heterocycles. The van der Waals surface area contributed by atoms with Crippen molar-refractivity contribution in [1.82, 2.24) is 9.78 Å². The molecule has 0 radical (unpaired) electrons. The van der Waals surface area contributed by atoms with Crippen LogP contribution in [0.2, 0.25) is 0 Å². The molecule has 0 unspecified atom stereocenters. The molecule has 0 N–H and O–H groups in total. The van der Waals surface area contributed by atoms with Crippen molar-refractivity contribution in [3.05, 3.63) is 77.6 Å². The van der Waals surface area contributed by atoms with Crippen molar-refractivity contribution < 1.29 is 9.57 Å². The fraction of sp³-hybridized carbons (Fsp3) is 0.238. The Bertz CT molecular complexity index is 900. The monoisotopic (exact) mass is 347 g/mol. The summed E-state index contributed by atoms with van der Waals surface area (Å²) in [5.74, 6) is 0.892. The number of hydrogen-bond donors (Lipinski definition) is 0. The van der Waals surface area contributed by atoms with Gasteiger partial charge in [0.25, 0.3) is 0 Å². The lowest BCUT2D eigenvalue weighted by Crippen LogP contribution is -2.12. The molecule has 2 aromatic carbocycles. The highest BCUT2D eigenvalue weighted by Gasteiger charge is 2.16. The van der Waals surface area contributed by atoms with Crippen LogP contribution in [0.5, 0.6) is 5.75 Å². The molecule has 132 valence electrons. The molecule has 5 heteroatoms. The zero-order chi connectivity index (χ0) is 17.8. The fourth-order valence-corrected chi connectivity index (χ4v) is 3.21. The Morgan fingerprint density at radius 2 is 2.00 bits per heavy atom. The maximum atomic E-state index is 5.64. The summed E-state index contributed by atoms with van der Waals surface area (Å²) in [6.07, 6.45) is 6.77. The zero-order valence-corrected chi connectivity index (χ0v) is 14.8. The van der Waals surface area contributed by atoms with Crippen molar-refractivity contribution in [3.8, 4) is 11.4 Å². The maximum absolute atomic E-state index is 5.64. The van der Waals surface area contributed by atoms with Crippen LogP contribution >= 0.6 is 0 Å². The summed E-state index contributed by atoms with van der Waals surface area (Å²) in [5, 5.41) is 8.63. The van der Waals surface area contributed by atoms with E-state index in [4.69, 9.17) is 9.57 Å². The van der Waals surface area contributed by atoms with Crippen LogP contribution in [-0.2, 0) is 17.9 Å². The molecule has 4 rings (SSSR count). The van der Waals surface area contributed by atoms with E-state index in [9.17, 15) is 0 Å². The van der Waals surface area contributed by atoms with Crippen LogP contribution < -0.4 is 4.74 Å². The third-order valence-corrected chi connectivity index (χ3v) is 4.59. The van der Waals surface area contributed by atoms with Gasteiger partial charge in [-0.2, -0.15) is 5.10 Å². The normalized spacial score (nSPS) is 14.9. The number of ether oxygens (including phenoxy) is 1. The molecule has 1 aliphatic rings. The second-order valence-electron chi connectivity index (χ2n) is 6.31.